The quantitative estimate of drug-likeness (QED) is 0.345. The predicted molar refractivity (Wildman–Crippen MR) is 133 cm³/mol. The average molecular weight is 545 g/mol. The third-order valence-corrected chi connectivity index (χ3v) is 5.80. The van der Waals surface area contributed by atoms with Gasteiger partial charge in [-0.15, -0.1) is 35.3 Å². The number of carbonyl (C=O) groups is 1. The molecule has 1 saturated heterocycles. The van der Waals surface area contributed by atoms with Gasteiger partial charge >= 0.3 is 0 Å². The Morgan fingerprint density at radius 3 is 2.47 bits per heavy atom. The van der Waals surface area contributed by atoms with Crippen LogP contribution in [0.4, 0.5) is 10.1 Å². The first-order valence-corrected chi connectivity index (χ1v) is 10.7. The zero-order valence-electron chi connectivity index (χ0n) is 17.4. The van der Waals surface area contributed by atoms with Gasteiger partial charge in [-0.1, -0.05) is 6.07 Å². The minimum Gasteiger partial charge on any atom is -0.368 e. The van der Waals surface area contributed by atoms with E-state index in [0.717, 1.165) is 50.8 Å². The summed E-state index contributed by atoms with van der Waals surface area (Å²) in [4.78, 5) is 23.9. The van der Waals surface area contributed by atoms with E-state index in [9.17, 15) is 9.18 Å². The average Bonchev–Trinajstić information content (AvgIpc) is 3.24. The molecule has 30 heavy (non-hydrogen) atoms. The lowest BCUT2D eigenvalue weighted by molar-refractivity contribution is -0.127. The number of nitrogens with one attached hydrogen (secondary N) is 1. The summed E-state index contributed by atoms with van der Waals surface area (Å²) < 4.78 is 13.2. The van der Waals surface area contributed by atoms with Gasteiger partial charge in [0.25, 0.3) is 0 Å². The topological polar surface area (TPSA) is 51.2 Å². The van der Waals surface area contributed by atoms with E-state index in [1.807, 2.05) is 12.1 Å². The number of amides is 1. The standard InChI is InChI=1S/C21H28FN5OS.HI/c1-25(2)20(28)16-24-21(23-10-9-19-4-3-15-29-19)27-13-11-26(12-14-27)18-7-5-17(22)6-8-18;/h3-8,15H,9-14,16H2,1-2H3,(H,23,24);1H. The normalized spacial score (nSPS) is 14.3. The van der Waals surface area contributed by atoms with Gasteiger partial charge in [0.1, 0.15) is 12.4 Å². The lowest BCUT2D eigenvalue weighted by atomic mass is 10.2. The van der Waals surface area contributed by atoms with E-state index < -0.39 is 0 Å². The van der Waals surface area contributed by atoms with Crippen molar-refractivity contribution >= 4 is 52.9 Å². The van der Waals surface area contributed by atoms with Gasteiger partial charge in [-0.3, -0.25) is 4.79 Å². The van der Waals surface area contributed by atoms with Crippen LogP contribution in [-0.2, 0) is 11.2 Å². The monoisotopic (exact) mass is 545 g/mol. The minimum atomic E-state index is -0.220. The molecule has 0 spiro atoms. The molecule has 2 aromatic rings. The number of thiophene rings is 1. The lowest BCUT2D eigenvalue weighted by Gasteiger charge is -2.37. The van der Waals surface area contributed by atoms with E-state index >= 15 is 0 Å². The second-order valence-electron chi connectivity index (χ2n) is 7.13. The van der Waals surface area contributed by atoms with Gasteiger partial charge in [0.2, 0.25) is 5.91 Å². The molecule has 3 rings (SSSR count). The summed E-state index contributed by atoms with van der Waals surface area (Å²) in [6, 6.07) is 10.8. The Balaban J connectivity index is 0.00000320. The number of hydrogen-bond donors (Lipinski definition) is 1. The number of hydrogen-bond acceptors (Lipinski definition) is 4. The molecule has 0 bridgehead atoms. The van der Waals surface area contributed by atoms with Crippen LogP contribution in [0.25, 0.3) is 0 Å². The highest BCUT2D eigenvalue weighted by molar-refractivity contribution is 14.0. The van der Waals surface area contributed by atoms with E-state index in [1.54, 1.807) is 30.3 Å². The summed E-state index contributed by atoms with van der Waals surface area (Å²) >= 11 is 1.74. The van der Waals surface area contributed by atoms with Crippen molar-refractivity contribution in [2.75, 3.05) is 58.3 Å². The van der Waals surface area contributed by atoms with Crippen molar-refractivity contribution in [2.24, 2.45) is 4.99 Å². The first kappa shape index (κ1) is 24.4. The van der Waals surface area contributed by atoms with Gasteiger partial charge in [-0.2, -0.15) is 0 Å². The first-order chi connectivity index (χ1) is 14.0. The molecule has 6 nitrogen and oxygen atoms in total. The molecule has 2 heterocycles. The molecule has 1 aliphatic rings. The van der Waals surface area contributed by atoms with E-state index in [4.69, 9.17) is 0 Å². The predicted octanol–water partition coefficient (Wildman–Crippen LogP) is 2.90. The van der Waals surface area contributed by atoms with E-state index in [-0.39, 0.29) is 42.2 Å². The molecular weight excluding hydrogens is 516 g/mol. The number of anilines is 1. The largest absolute Gasteiger partial charge is 0.368 e. The SMILES string of the molecule is CN(C)C(=O)CN=C(NCCc1cccs1)N1CCN(c2ccc(F)cc2)CC1.I. The maximum Gasteiger partial charge on any atom is 0.243 e. The summed E-state index contributed by atoms with van der Waals surface area (Å²) in [5.41, 5.74) is 1.03. The molecule has 164 valence electrons. The number of carbonyl (C=O) groups excluding carboxylic acids is 1. The number of guanidine groups is 1. The van der Waals surface area contributed by atoms with Crippen molar-refractivity contribution in [3.8, 4) is 0 Å². The Kier molecular flexibility index (Phi) is 9.83. The number of nitrogens with zero attached hydrogens (tertiary/aromatic N) is 4. The fourth-order valence-electron chi connectivity index (χ4n) is 3.13. The van der Waals surface area contributed by atoms with Crippen molar-refractivity contribution in [3.05, 3.63) is 52.5 Å². The molecular formula is C21H29FIN5OS. The van der Waals surface area contributed by atoms with Crippen molar-refractivity contribution < 1.29 is 9.18 Å². The highest BCUT2D eigenvalue weighted by Crippen LogP contribution is 2.17. The molecule has 1 aliphatic heterocycles. The number of likely N-dealkylation sites (N-methyl/N-ethyl adjacent to an activating group) is 1. The molecule has 0 atom stereocenters. The molecule has 9 heteroatoms. The summed E-state index contributed by atoms with van der Waals surface area (Å²) in [5.74, 6) is 0.533. The first-order valence-electron chi connectivity index (χ1n) is 9.79. The van der Waals surface area contributed by atoms with Gasteiger partial charge in [0.05, 0.1) is 0 Å². The molecule has 1 amide bonds. The van der Waals surface area contributed by atoms with Crippen LogP contribution in [0.1, 0.15) is 4.88 Å². The Morgan fingerprint density at radius 2 is 1.87 bits per heavy atom. The molecule has 0 radical (unpaired) electrons. The summed E-state index contributed by atoms with van der Waals surface area (Å²) in [6.07, 6.45) is 0.924. The molecule has 1 aromatic heterocycles. The maximum absolute atomic E-state index is 13.2. The fraction of sp³-hybridized carbons (Fsp3) is 0.429. The fourth-order valence-corrected chi connectivity index (χ4v) is 3.84. The second-order valence-corrected chi connectivity index (χ2v) is 8.17. The Morgan fingerprint density at radius 1 is 1.17 bits per heavy atom. The molecule has 1 N–H and O–H groups in total. The van der Waals surface area contributed by atoms with Crippen LogP contribution in [0.3, 0.4) is 0 Å². The highest BCUT2D eigenvalue weighted by Gasteiger charge is 2.20. The zero-order valence-corrected chi connectivity index (χ0v) is 20.5. The number of aliphatic imine (C=N–C) groups is 1. The summed E-state index contributed by atoms with van der Waals surface area (Å²) in [6.45, 7) is 4.12. The van der Waals surface area contributed by atoms with Crippen LogP contribution in [0.5, 0.6) is 0 Å². The number of rotatable bonds is 6. The molecule has 1 aromatic carbocycles. The van der Waals surface area contributed by atoms with Gasteiger partial charge in [0.15, 0.2) is 5.96 Å². The van der Waals surface area contributed by atoms with Gasteiger partial charge in [-0.05, 0) is 42.1 Å². The van der Waals surface area contributed by atoms with Crippen molar-refractivity contribution in [3.63, 3.8) is 0 Å². The molecule has 1 fully saturated rings. The Labute approximate surface area is 198 Å². The third-order valence-electron chi connectivity index (χ3n) is 4.87. The second kappa shape index (κ2) is 12.1. The molecule has 0 unspecified atom stereocenters. The molecule has 0 aliphatic carbocycles. The lowest BCUT2D eigenvalue weighted by Crippen LogP contribution is -2.53. The highest BCUT2D eigenvalue weighted by atomic mass is 127. The maximum atomic E-state index is 13.2. The van der Waals surface area contributed by atoms with Gasteiger partial charge in [-0.25, -0.2) is 9.38 Å². The summed E-state index contributed by atoms with van der Waals surface area (Å²) in [5, 5.41) is 5.51. The smallest absolute Gasteiger partial charge is 0.243 e. The van der Waals surface area contributed by atoms with Gasteiger partial charge in [0, 0.05) is 57.4 Å². The van der Waals surface area contributed by atoms with Crippen molar-refractivity contribution in [1.82, 2.24) is 15.1 Å². The van der Waals surface area contributed by atoms with Crippen molar-refractivity contribution in [1.29, 1.82) is 0 Å². The van der Waals surface area contributed by atoms with Crippen LogP contribution in [0.2, 0.25) is 0 Å². The van der Waals surface area contributed by atoms with E-state index in [0.29, 0.717) is 0 Å². The Hall–Kier alpha value is -1.88. The van der Waals surface area contributed by atoms with E-state index in [2.05, 4.69) is 37.6 Å². The van der Waals surface area contributed by atoms with Crippen LogP contribution in [-0.4, -0.2) is 75.0 Å². The molecule has 0 saturated carbocycles. The Bertz CT molecular complexity index is 805. The number of piperazine rings is 1. The zero-order chi connectivity index (χ0) is 20.6. The van der Waals surface area contributed by atoms with Crippen LogP contribution < -0.4 is 10.2 Å². The van der Waals surface area contributed by atoms with Crippen molar-refractivity contribution in [2.45, 2.75) is 6.42 Å². The van der Waals surface area contributed by atoms with E-state index in [1.165, 1.54) is 17.0 Å². The summed E-state index contributed by atoms with van der Waals surface area (Å²) in [7, 11) is 3.48. The van der Waals surface area contributed by atoms with Crippen LogP contribution in [0.15, 0.2) is 46.8 Å². The minimum absolute atomic E-state index is 0. The third kappa shape index (κ3) is 7.12. The van der Waals surface area contributed by atoms with Gasteiger partial charge < -0.3 is 20.0 Å². The number of halogens is 2. The number of benzene rings is 1. The van der Waals surface area contributed by atoms with Crippen LogP contribution in [0, 0.1) is 5.82 Å². The van der Waals surface area contributed by atoms with Crippen LogP contribution >= 0.6 is 35.3 Å².